The van der Waals surface area contributed by atoms with Gasteiger partial charge in [0.1, 0.15) is 11.4 Å². The molecule has 116 valence electrons. The number of carbonyl (C=O) groups is 1. The number of rotatable bonds is 2. The smallest absolute Gasteiger partial charge is 0.414 e. The third-order valence-corrected chi connectivity index (χ3v) is 3.38. The maximum Gasteiger partial charge on any atom is 0.414 e. The molecule has 1 amide bonds. The zero-order valence-electron chi connectivity index (χ0n) is 12.6. The first-order chi connectivity index (χ1) is 9.83. The Labute approximate surface area is 129 Å². The van der Waals surface area contributed by atoms with Gasteiger partial charge in [-0.3, -0.25) is 5.32 Å². The monoisotopic (exact) mass is 312 g/mol. The Morgan fingerprint density at radius 3 is 2.48 bits per heavy atom. The van der Waals surface area contributed by atoms with Gasteiger partial charge in [0, 0.05) is 5.92 Å². The molecule has 1 aromatic rings. The summed E-state index contributed by atoms with van der Waals surface area (Å²) in [4.78, 5) is 24.2. The highest BCUT2D eigenvalue weighted by Crippen LogP contribution is 2.31. The van der Waals surface area contributed by atoms with E-state index in [0.29, 0.717) is 11.7 Å². The molecule has 0 aromatic carbocycles. The standard InChI is InChI=1S/C14H21ClN4O2/c1-14(2,3)21-13(20)19-12-17-10(16-11(15)18-12)9-7-5-4-6-8-9/h9H,4-8H2,1-3H3,(H,16,17,18,19,20). The Morgan fingerprint density at radius 2 is 1.86 bits per heavy atom. The SMILES string of the molecule is CC(C)(C)OC(=O)Nc1nc(Cl)nc(C2CCCCC2)n1. The zero-order valence-corrected chi connectivity index (χ0v) is 13.4. The van der Waals surface area contributed by atoms with Crippen LogP contribution < -0.4 is 5.32 Å². The zero-order chi connectivity index (χ0) is 15.5. The van der Waals surface area contributed by atoms with Crippen molar-refractivity contribution in [3.05, 3.63) is 11.1 Å². The summed E-state index contributed by atoms with van der Waals surface area (Å²) in [6.07, 6.45) is 5.09. The van der Waals surface area contributed by atoms with Crippen LogP contribution in [0.25, 0.3) is 0 Å². The van der Waals surface area contributed by atoms with Crippen molar-refractivity contribution < 1.29 is 9.53 Å². The van der Waals surface area contributed by atoms with Crippen molar-refractivity contribution in [3.63, 3.8) is 0 Å². The quantitative estimate of drug-likeness (QED) is 0.895. The van der Waals surface area contributed by atoms with Gasteiger partial charge in [-0.2, -0.15) is 9.97 Å². The molecule has 2 rings (SSSR count). The number of aromatic nitrogens is 3. The predicted molar refractivity (Wildman–Crippen MR) is 80.5 cm³/mol. The highest BCUT2D eigenvalue weighted by molar-refractivity contribution is 6.28. The third kappa shape index (κ3) is 5.12. The van der Waals surface area contributed by atoms with E-state index in [1.165, 1.54) is 19.3 Å². The van der Waals surface area contributed by atoms with Gasteiger partial charge in [-0.05, 0) is 45.2 Å². The average Bonchev–Trinajstić information content (AvgIpc) is 2.36. The van der Waals surface area contributed by atoms with Crippen LogP contribution in [-0.4, -0.2) is 26.6 Å². The summed E-state index contributed by atoms with van der Waals surface area (Å²) in [5.74, 6) is 1.09. The second-order valence-corrected chi connectivity index (χ2v) is 6.59. The lowest BCUT2D eigenvalue weighted by Gasteiger charge is -2.21. The van der Waals surface area contributed by atoms with Crippen molar-refractivity contribution in [3.8, 4) is 0 Å². The first kappa shape index (κ1) is 15.9. The number of nitrogens with one attached hydrogen (secondary N) is 1. The number of halogens is 1. The Bertz CT molecular complexity index is 510. The largest absolute Gasteiger partial charge is 0.444 e. The fourth-order valence-electron chi connectivity index (χ4n) is 2.36. The number of hydrogen-bond acceptors (Lipinski definition) is 5. The number of ether oxygens (including phenoxy) is 1. The number of hydrogen-bond donors (Lipinski definition) is 1. The van der Waals surface area contributed by atoms with E-state index in [-0.39, 0.29) is 11.2 Å². The highest BCUT2D eigenvalue weighted by atomic mass is 35.5. The molecule has 1 aliphatic rings. The predicted octanol–water partition coefficient (Wildman–Crippen LogP) is 3.92. The Hall–Kier alpha value is -1.43. The van der Waals surface area contributed by atoms with Crippen LogP contribution in [0.15, 0.2) is 0 Å². The van der Waals surface area contributed by atoms with Crippen LogP contribution in [0.2, 0.25) is 5.28 Å². The molecule has 6 nitrogen and oxygen atoms in total. The average molecular weight is 313 g/mol. The molecular formula is C14H21ClN4O2. The number of amides is 1. The molecule has 1 N–H and O–H groups in total. The maximum atomic E-state index is 11.8. The number of nitrogens with zero attached hydrogens (tertiary/aromatic N) is 3. The summed E-state index contributed by atoms with van der Waals surface area (Å²) < 4.78 is 5.17. The molecule has 1 aliphatic carbocycles. The molecule has 0 aliphatic heterocycles. The maximum absolute atomic E-state index is 11.8. The third-order valence-electron chi connectivity index (χ3n) is 3.21. The van der Waals surface area contributed by atoms with Crippen LogP contribution in [0.3, 0.4) is 0 Å². The van der Waals surface area contributed by atoms with Crippen molar-refractivity contribution in [2.45, 2.75) is 64.4 Å². The number of carbonyl (C=O) groups excluding carboxylic acids is 1. The van der Waals surface area contributed by atoms with Gasteiger partial charge in [0.05, 0.1) is 0 Å². The van der Waals surface area contributed by atoms with Gasteiger partial charge in [0.2, 0.25) is 11.2 Å². The molecule has 1 aromatic heterocycles. The van der Waals surface area contributed by atoms with E-state index in [0.717, 1.165) is 12.8 Å². The van der Waals surface area contributed by atoms with Crippen LogP contribution >= 0.6 is 11.6 Å². The molecule has 1 heterocycles. The topological polar surface area (TPSA) is 77.0 Å². The van der Waals surface area contributed by atoms with E-state index in [9.17, 15) is 4.79 Å². The van der Waals surface area contributed by atoms with Gasteiger partial charge in [0.15, 0.2) is 0 Å². The van der Waals surface area contributed by atoms with Crippen LogP contribution in [0, 0.1) is 0 Å². The minimum absolute atomic E-state index is 0.0941. The van der Waals surface area contributed by atoms with E-state index in [2.05, 4.69) is 20.3 Å². The fourth-order valence-corrected chi connectivity index (χ4v) is 2.53. The summed E-state index contributed by atoms with van der Waals surface area (Å²) >= 11 is 5.93. The summed E-state index contributed by atoms with van der Waals surface area (Å²) in [5.41, 5.74) is -0.576. The highest BCUT2D eigenvalue weighted by Gasteiger charge is 2.21. The second kappa shape index (κ2) is 6.56. The lowest BCUT2D eigenvalue weighted by molar-refractivity contribution is 0.0634. The van der Waals surface area contributed by atoms with Crippen molar-refractivity contribution in [1.29, 1.82) is 0 Å². The molecule has 21 heavy (non-hydrogen) atoms. The summed E-state index contributed by atoms with van der Waals surface area (Å²) in [6, 6.07) is 0. The first-order valence-electron chi connectivity index (χ1n) is 7.25. The van der Waals surface area contributed by atoms with Crippen LogP contribution in [0.4, 0.5) is 10.7 Å². The van der Waals surface area contributed by atoms with E-state index < -0.39 is 11.7 Å². The number of anilines is 1. The summed E-state index contributed by atoms with van der Waals surface area (Å²) in [6.45, 7) is 5.38. The van der Waals surface area contributed by atoms with E-state index in [1.807, 2.05) is 0 Å². The van der Waals surface area contributed by atoms with Gasteiger partial charge in [-0.1, -0.05) is 19.3 Å². The van der Waals surface area contributed by atoms with E-state index in [4.69, 9.17) is 16.3 Å². The van der Waals surface area contributed by atoms with E-state index >= 15 is 0 Å². The molecule has 0 bridgehead atoms. The van der Waals surface area contributed by atoms with Crippen molar-refractivity contribution in [2.24, 2.45) is 0 Å². The minimum atomic E-state index is -0.598. The molecule has 0 spiro atoms. The second-order valence-electron chi connectivity index (χ2n) is 6.25. The molecule has 0 unspecified atom stereocenters. The molecular weight excluding hydrogens is 292 g/mol. The molecule has 1 fully saturated rings. The molecule has 0 saturated heterocycles. The van der Waals surface area contributed by atoms with Gasteiger partial charge in [-0.25, -0.2) is 9.78 Å². The fraction of sp³-hybridized carbons (Fsp3) is 0.714. The Morgan fingerprint density at radius 1 is 1.19 bits per heavy atom. The van der Waals surface area contributed by atoms with Gasteiger partial charge < -0.3 is 4.74 Å². The van der Waals surface area contributed by atoms with Gasteiger partial charge >= 0.3 is 6.09 Å². The molecule has 7 heteroatoms. The van der Waals surface area contributed by atoms with E-state index in [1.54, 1.807) is 20.8 Å². The summed E-state index contributed by atoms with van der Waals surface area (Å²) in [5, 5.41) is 2.61. The first-order valence-corrected chi connectivity index (χ1v) is 7.63. The molecule has 1 saturated carbocycles. The lowest BCUT2D eigenvalue weighted by Crippen LogP contribution is -2.28. The van der Waals surface area contributed by atoms with Crippen LogP contribution in [-0.2, 0) is 4.74 Å². The van der Waals surface area contributed by atoms with Crippen LogP contribution in [0.1, 0.15) is 64.6 Å². The van der Waals surface area contributed by atoms with Gasteiger partial charge in [-0.15, -0.1) is 0 Å². The lowest BCUT2D eigenvalue weighted by atomic mass is 9.89. The van der Waals surface area contributed by atoms with Crippen molar-refractivity contribution in [1.82, 2.24) is 15.0 Å². The van der Waals surface area contributed by atoms with Crippen molar-refractivity contribution >= 4 is 23.6 Å². The molecule has 0 radical (unpaired) electrons. The minimum Gasteiger partial charge on any atom is -0.444 e. The normalized spacial score (nSPS) is 16.6. The van der Waals surface area contributed by atoms with Crippen molar-refractivity contribution in [2.75, 3.05) is 5.32 Å². The van der Waals surface area contributed by atoms with Crippen LogP contribution in [0.5, 0.6) is 0 Å². The summed E-state index contributed by atoms with van der Waals surface area (Å²) in [7, 11) is 0. The molecule has 0 atom stereocenters. The Balaban J connectivity index is 2.09. The Kier molecular flexibility index (Phi) is 4.98. The van der Waals surface area contributed by atoms with Gasteiger partial charge in [0.25, 0.3) is 0 Å².